The largest absolute Gasteiger partial charge is 0.494 e. The van der Waals surface area contributed by atoms with Crippen LogP contribution >= 0.6 is 0 Å². The van der Waals surface area contributed by atoms with E-state index in [4.69, 9.17) is 4.74 Å². The quantitative estimate of drug-likeness (QED) is 0.668. The monoisotopic (exact) mass is 221 g/mol. The number of rotatable bonds is 8. The second-order valence-corrected chi connectivity index (χ2v) is 3.94. The Kier molecular flexibility index (Phi) is 6.47. The van der Waals surface area contributed by atoms with Crippen molar-refractivity contribution in [1.29, 1.82) is 0 Å². The lowest BCUT2D eigenvalue weighted by Gasteiger charge is -2.07. The van der Waals surface area contributed by atoms with Crippen LogP contribution in [-0.4, -0.2) is 13.2 Å². The first-order valence-electron chi connectivity index (χ1n) is 6.33. The first-order valence-corrected chi connectivity index (χ1v) is 6.33. The average molecular weight is 221 g/mol. The molecule has 1 aromatic carbocycles. The third kappa shape index (κ3) is 5.06. The van der Waals surface area contributed by atoms with Gasteiger partial charge >= 0.3 is 0 Å². The maximum absolute atomic E-state index is 5.39. The molecule has 0 heterocycles. The molecule has 16 heavy (non-hydrogen) atoms. The molecule has 0 aliphatic rings. The zero-order chi connectivity index (χ0) is 11.6. The molecule has 0 radical (unpaired) electrons. The summed E-state index contributed by atoms with van der Waals surface area (Å²) >= 11 is 0. The Labute approximate surface area is 99.0 Å². The summed E-state index contributed by atoms with van der Waals surface area (Å²) in [4.78, 5) is 0. The highest BCUT2D eigenvalue weighted by molar-refractivity contribution is 5.46. The molecule has 0 saturated heterocycles. The second kappa shape index (κ2) is 8.03. The van der Waals surface area contributed by atoms with Crippen LogP contribution < -0.4 is 10.1 Å². The molecule has 0 aromatic heterocycles. The number of nitrogens with one attached hydrogen (secondary N) is 1. The van der Waals surface area contributed by atoms with Crippen LogP contribution in [0.2, 0.25) is 0 Å². The van der Waals surface area contributed by atoms with Gasteiger partial charge in [-0.15, -0.1) is 0 Å². The summed E-state index contributed by atoms with van der Waals surface area (Å²) in [7, 11) is 0. The molecule has 0 amide bonds. The summed E-state index contributed by atoms with van der Waals surface area (Å²) in [6.07, 6.45) is 5.20. The lowest BCUT2D eigenvalue weighted by Crippen LogP contribution is -2.01. The van der Waals surface area contributed by atoms with E-state index < -0.39 is 0 Å². The predicted molar refractivity (Wildman–Crippen MR) is 70.2 cm³/mol. The van der Waals surface area contributed by atoms with Gasteiger partial charge in [-0.25, -0.2) is 0 Å². The van der Waals surface area contributed by atoms with Crippen LogP contribution in [0, 0.1) is 0 Å². The van der Waals surface area contributed by atoms with E-state index in [2.05, 4.69) is 24.4 Å². The van der Waals surface area contributed by atoms with Crippen LogP contribution in [0.15, 0.2) is 24.3 Å². The van der Waals surface area contributed by atoms with E-state index in [1.807, 2.05) is 19.1 Å². The summed E-state index contributed by atoms with van der Waals surface area (Å²) in [6.45, 7) is 6.03. The third-order valence-electron chi connectivity index (χ3n) is 2.52. The minimum Gasteiger partial charge on any atom is -0.494 e. The predicted octanol–water partition coefficient (Wildman–Crippen LogP) is 4.08. The van der Waals surface area contributed by atoms with Gasteiger partial charge in [-0.3, -0.25) is 0 Å². The van der Waals surface area contributed by atoms with Gasteiger partial charge < -0.3 is 10.1 Å². The van der Waals surface area contributed by atoms with Crippen molar-refractivity contribution < 1.29 is 4.74 Å². The summed E-state index contributed by atoms with van der Waals surface area (Å²) in [6, 6.07) is 8.17. The summed E-state index contributed by atoms with van der Waals surface area (Å²) in [5.41, 5.74) is 1.18. The van der Waals surface area contributed by atoms with Crippen molar-refractivity contribution in [2.45, 2.75) is 39.5 Å². The molecule has 0 atom stereocenters. The zero-order valence-electron chi connectivity index (χ0n) is 10.5. The van der Waals surface area contributed by atoms with Gasteiger partial charge in [0.05, 0.1) is 6.61 Å². The highest BCUT2D eigenvalue weighted by Gasteiger charge is 1.94. The number of anilines is 1. The Bertz CT molecular complexity index is 269. The Morgan fingerprint density at radius 2 is 1.75 bits per heavy atom. The molecule has 0 aliphatic heterocycles. The molecule has 2 nitrogen and oxygen atoms in total. The maximum Gasteiger partial charge on any atom is 0.119 e. The maximum atomic E-state index is 5.39. The molecule has 2 heteroatoms. The Balaban J connectivity index is 2.21. The van der Waals surface area contributed by atoms with Crippen LogP contribution in [0.25, 0.3) is 0 Å². The number of hydrogen-bond acceptors (Lipinski definition) is 2. The van der Waals surface area contributed by atoms with Crippen molar-refractivity contribution >= 4 is 5.69 Å². The molecular formula is C14H23NO. The summed E-state index contributed by atoms with van der Waals surface area (Å²) < 4.78 is 5.39. The number of unbranched alkanes of at least 4 members (excludes halogenated alkanes) is 3. The molecule has 1 rings (SSSR count). The molecule has 0 aliphatic carbocycles. The van der Waals surface area contributed by atoms with E-state index in [-0.39, 0.29) is 0 Å². The van der Waals surface area contributed by atoms with Crippen LogP contribution in [0.4, 0.5) is 5.69 Å². The number of hydrogen-bond donors (Lipinski definition) is 1. The standard InChI is InChI=1S/C14H23NO/c1-3-5-6-7-12-15-13-8-10-14(11-9-13)16-4-2/h8-11,15H,3-7,12H2,1-2H3. The Hall–Kier alpha value is -1.18. The fraction of sp³-hybridized carbons (Fsp3) is 0.571. The van der Waals surface area contributed by atoms with Gasteiger partial charge in [0.1, 0.15) is 5.75 Å². The van der Waals surface area contributed by atoms with Gasteiger partial charge in [0, 0.05) is 12.2 Å². The SMILES string of the molecule is CCCCCCNc1ccc(OCC)cc1. The van der Waals surface area contributed by atoms with Crippen LogP contribution in [0.3, 0.4) is 0 Å². The number of benzene rings is 1. The van der Waals surface area contributed by atoms with Crippen molar-refractivity contribution in [1.82, 2.24) is 0 Å². The van der Waals surface area contributed by atoms with Gasteiger partial charge in [0.2, 0.25) is 0 Å². The second-order valence-electron chi connectivity index (χ2n) is 3.94. The van der Waals surface area contributed by atoms with E-state index in [9.17, 15) is 0 Å². The van der Waals surface area contributed by atoms with Crippen molar-refractivity contribution in [2.24, 2.45) is 0 Å². The van der Waals surface area contributed by atoms with Crippen molar-refractivity contribution in [2.75, 3.05) is 18.5 Å². The molecule has 1 N–H and O–H groups in total. The minimum absolute atomic E-state index is 0.726. The van der Waals surface area contributed by atoms with Crippen LogP contribution in [-0.2, 0) is 0 Å². The highest BCUT2D eigenvalue weighted by Crippen LogP contribution is 2.15. The van der Waals surface area contributed by atoms with E-state index in [0.29, 0.717) is 0 Å². The van der Waals surface area contributed by atoms with Gasteiger partial charge in [0.25, 0.3) is 0 Å². The van der Waals surface area contributed by atoms with Crippen molar-refractivity contribution in [3.63, 3.8) is 0 Å². The van der Waals surface area contributed by atoms with Crippen molar-refractivity contribution in [3.8, 4) is 5.75 Å². The lowest BCUT2D eigenvalue weighted by atomic mass is 10.2. The normalized spacial score (nSPS) is 10.1. The first-order chi connectivity index (χ1) is 7.86. The van der Waals surface area contributed by atoms with Gasteiger partial charge in [0.15, 0.2) is 0 Å². The molecule has 0 spiro atoms. The average Bonchev–Trinajstić information content (AvgIpc) is 2.31. The fourth-order valence-electron chi connectivity index (χ4n) is 1.62. The van der Waals surface area contributed by atoms with Crippen molar-refractivity contribution in [3.05, 3.63) is 24.3 Å². The molecule has 0 unspecified atom stereocenters. The van der Waals surface area contributed by atoms with E-state index >= 15 is 0 Å². The minimum atomic E-state index is 0.726. The van der Waals surface area contributed by atoms with Crippen LogP contribution in [0.1, 0.15) is 39.5 Å². The number of ether oxygens (including phenoxy) is 1. The highest BCUT2D eigenvalue weighted by atomic mass is 16.5. The summed E-state index contributed by atoms with van der Waals surface area (Å²) in [5, 5.41) is 3.42. The molecule has 0 fully saturated rings. The van der Waals surface area contributed by atoms with E-state index in [0.717, 1.165) is 18.9 Å². The smallest absolute Gasteiger partial charge is 0.119 e. The molecule has 90 valence electrons. The summed E-state index contributed by atoms with van der Waals surface area (Å²) in [5.74, 6) is 0.944. The van der Waals surface area contributed by atoms with Crippen LogP contribution in [0.5, 0.6) is 5.75 Å². The molecule has 0 saturated carbocycles. The third-order valence-corrected chi connectivity index (χ3v) is 2.52. The van der Waals surface area contributed by atoms with Gasteiger partial charge in [-0.2, -0.15) is 0 Å². The Morgan fingerprint density at radius 3 is 2.38 bits per heavy atom. The first kappa shape index (κ1) is 12.9. The van der Waals surface area contributed by atoms with E-state index in [1.54, 1.807) is 0 Å². The van der Waals surface area contributed by atoms with Gasteiger partial charge in [-0.05, 0) is 37.6 Å². The molecule has 0 bridgehead atoms. The topological polar surface area (TPSA) is 21.3 Å². The molecular weight excluding hydrogens is 198 g/mol. The lowest BCUT2D eigenvalue weighted by molar-refractivity contribution is 0.340. The molecule has 1 aromatic rings. The Morgan fingerprint density at radius 1 is 1.00 bits per heavy atom. The van der Waals surface area contributed by atoms with Gasteiger partial charge in [-0.1, -0.05) is 26.2 Å². The zero-order valence-corrected chi connectivity index (χ0v) is 10.5. The van der Waals surface area contributed by atoms with E-state index in [1.165, 1.54) is 31.4 Å². The fourth-order valence-corrected chi connectivity index (χ4v) is 1.62.